The van der Waals surface area contributed by atoms with Gasteiger partial charge in [-0.1, -0.05) is 26.0 Å². The minimum atomic E-state index is -0.585. The molecule has 0 radical (unpaired) electrons. The molecule has 0 aliphatic carbocycles. The number of benzene rings is 2. The second-order valence-electron chi connectivity index (χ2n) is 8.34. The molecule has 1 atom stereocenters. The molecule has 0 N–H and O–H groups in total. The molecular weight excluding hydrogens is 388 g/mol. The van der Waals surface area contributed by atoms with E-state index in [2.05, 4.69) is 44.0 Å². The molecule has 0 amide bonds. The molecule has 0 saturated carbocycles. The number of methoxy groups -OCH3 is 3. The third-order valence-corrected chi connectivity index (χ3v) is 6.10. The lowest BCUT2D eigenvalue weighted by Gasteiger charge is -2.32. The standard InChI is InChI=1S/C26H36N2O3/c1-20(2)26(19-27,22-16-24(30-5)18-25(17-22)31-6)13-7-14-28(3)15-12-21-8-10-23(29-4)11-9-21/h8-11,16-18,20H,7,12-15H2,1-6H3/t26-/m0/s1. The van der Waals surface area contributed by atoms with Crippen LogP contribution in [0.4, 0.5) is 0 Å². The molecule has 31 heavy (non-hydrogen) atoms. The molecule has 5 heteroatoms. The van der Waals surface area contributed by atoms with Crippen molar-refractivity contribution in [3.8, 4) is 23.3 Å². The van der Waals surface area contributed by atoms with Crippen molar-refractivity contribution in [2.24, 2.45) is 5.92 Å². The number of nitriles is 1. The van der Waals surface area contributed by atoms with E-state index in [1.54, 1.807) is 21.3 Å². The van der Waals surface area contributed by atoms with Gasteiger partial charge < -0.3 is 19.1 Å². The average Bonchev–Trinajstić information content (AvgIpc) is 2.80. The fourth-order valence-corrected chi connectivity index (χ4v) is 3.93. The number of hydrogen-bond acceptors (Lipinski definition) is 5. The Morgan fingerprint density at radius 3 is 1.97 bits per heavy atom. The van der Waals surface area contributed by atoms with Gasteiger partial charge in [0.05, 0.1) is 32.8 Å². The van der Waals surface area contributed by atoms with Crippen molar-refractivity contribution in [3.05, 3.63) is 53.6 Å². The highest BCUT2D eigenvalue weighted by atomic mass is 16.5. The number of likely N-dealkylation sites (N-methyl/N-ethyl adjacent to an activating group) is 1. The largest absolute Gasteiger partial charge is 0.497 e. The van der Waals surface area contributed by atoms with Crippen molar-refractivity contribution in [3.63, 3.8) is 0 Å². The quantitative estimate of drug-likeness (QED) is 0.475. The summed E-state index contributed by atoms with van der Waals surface area (Å²) in [5.74, 6) is 2.48. The van der Waals surface area contributed by atoms with Gasteiger partial charge in [-0.15, -0.1) is 0 Å². The van der Waals surface area contributed by atoms with E-state index in [4.69, 9.17) is 14.2 Å². The van der Waals surface area contributed by atoms with Crippen LogP contribution in [0.2, 0.25) is 0 Å². The molecule has 0 fully saturated rings. The molecule has 0 aliphatic rings. The van der Waals surface area contributed by atoms with E-state index in [0.29, 0.717) is 11.5 Å². The van der Waals surface area contributed by atoms with Gasteiger partial charge >= 0.3 is 0 Å². The minimum absolute atomic E-state index is 0.166. The molecule has 2 rings (SSSR count). The summed E-state index contributed by atoms with van der Waals surface area (Å²) in [7, 11) is 7.10. The number of ether oxygens (including phenoxy) is 3. The van der Waals surface area contributed by atoms with Gasteiger partial charge in [-0.2, -0.15) is 5.26 Å². The molecule has 0 aromatic heterocycles. The lowest BCUT2D eigenvalue weighted by Crippen LogP contribution is -2.32. The number of rotatable bonds is 12. The van der Waals surface area contributed by atoms with Crippen molar-refractivity contribution >= 4 is 0 Å². The Labute approximate surface area is 187 Å². The number of hydrogen-bond donors (Lipinski definition) is 0. The summed E-state index contributed by atoms with van der Waals surface area (Å²) >= 11 is 0. The van der Waals surface area contributed by atoms with Crippen LogP contribution < -0.4 is 14.2 Å². The van der Waals surface area contributed by atoms with Crippen LogP contribution in [0.25, 0.3) is 0 Å². The molecule has 0 aliphatic heterocycles. The molecule has 0 unspecified atom stereocenters. The van der Waals surface area contributed by atoms with Crippen LogP contribution in [0.1, 0.15) is 37.8 Å². The molecule has 5 nitrogen and oxygen atoms in total. The maximum absolute atomic E-state index is 10.2. The van der Waals surface area contributed by atoms with Crippen molar-refractivity contribution in [2.75, 3.05) is 41.5 Å². The molecule has 0 spiro atoms. The van der Waals surface area contributed by atoms with Crippen LogP contribution in [-0.2, 0) is 11.8 Å². The minimum Gasteiger partial charge on any atom is -0.497 e. The lowest BCUT2D eigenvalue weighted by atomic mass is 9.69. The second kappa shape index (κ2) is 11.6. The van der Waals surface area contributed by atoms with Crippen molar-refractivity contribution in [2.45, 2.75) is 38.5 Å². The van der Waals surface area contributed by atoms with E-state index < -0.39 is 5.41 Å². The summed E-state index contributed by atoms with van der Waals surface area (Å²) in [4.78, 5) is 2.33. The van der Waals surface area contributed by atoms with Gasteiger partial charge in [0.25, 0.3) is 0 Å². The highest BCUT2D eigenvalue weighted by Gasteiger charge is 2.36. The second-order valence-corrected chi connectivity index (χ2v) is 8.34. The van der Waals surface area contributed by atoms with Gasteiger partial charge in [-0.25, -0.2) is 0 Å². The normalized spacial score (nSPS) is 13.0. The molecule has 2 aromatic rings. The topological polar surface area (TPSA) is 54.7 Å². The fraction of sp³-hybridized carbons (Fsp3) is 0.500. The van der Waals surface area contributed by atoms with Crippen LogP contribution in [-0.4, -0.2) is 46.4 Å². The van der Waals surface area contributed by atoms with E-state index in [9.17, 15) is 5.26 Å². The Morgan fingerprint density at radius 2 is 1.48 bits per heavy atom. The molecule has 168 valence electrons. The maximum atomic E-state index is 10.2. The van der Waals surface area contributed by atoms with Crippen molar-refractivity contribution < 1.29 is 14.2 Å². The van der Waals surface area contributed by atoms with Crippen LogP contribution in [0.3, 0.4) is 0 Å². The fourth-order valence-electron chi connectivity index (χ4n) is 3.93. The summed E-state index contributed by atoms with van der Waals surface area (Å²) in [6.45, 7) is 6.14. The van der Waals surface area contributed by atoms with Crippen molar-refractivity contribution in [1.82, 2.24) is 4.90 Å². The van der Waals surface area contributed by atoms with E-state index in [1.165, 1.54) is 5.56 Å². The predicted molar refractivity (Wildman–Crippen MR) is 125 cm³/mol. The first kappa shape index (κ1) is 24.6. The van der Waals surface area contributed by atoms with E-state index >= 15 is 0 Å². The summed E-state index contributed by atoms with van der Waals surface area (Å²) < 4.78 is 16.1. The zero-order valence-corrected chi connectivity index (χ0v) is 19.8. The Bertz CT molecular complexity index is 836. The van der Waals surface area contributed by atoms with Crippen LogP contribution in [0.5, 0.6) is 17.2 Å². The predicted octanol–water partition coefficient (Wildman–Crippen LogP) is 5.08. The Morgan fingerprint density at radius 1 is 0.903 bits per heavy atom. The first-order valence-electron chi connectivity index (χ1n) is 10.8. The van der Waals surface area contributed by atoms with E-state index in [0.717, 1.165) is 43.7 Å². The molecule has 0 heterocycles. The molecular formula is C26H36N2O3. The Kier molecular flexibility index (Phi) is 9.21. The van der Waals surface area contributed by atoms with Gasteiger partial charge in [0.2, 0.25) is 0 Å². The van der Waals surface area contributed by atoms with Gasteiger partial charge in [0, 0.05) is 12.6 Å². The number of nitrogens with zero attached hydrogens (tertiary/aromatic N) is 2. The summed E-state index contributed by atoms with van der Waals surface area (Å²) in [6.07, 6.45) is 2.70. The van der Waals surface area contributed by atoms with Crippen LogP contribution in [0, 0.1) is 17.2 Å². The highest BCUT2D eigenvalue weighted by molar-refractivity contribution is 5.45. The van der Waals surface area contributed by atoms with Gasteiger partial charge in [0.1, 0.15) is 17.2 Å². The van der Waals surface area contributed by atoms with Gasteiger partial charge in [0.15, 0.2) is 0 Å². The zero-order chi connectivity index (χ0) is 22.9. The van der Waals surface area contributed by atoms with Crippen LogP contribution in [0.15, 0.2) is 42.5 Å². The molecule has 0 bridgehead atoms. The highest BCUT2D eigenvalue weighted by Crippen LogP contribution is 2.40. The summed E-state index contributed by atoms with van der Waals surface area (Å²) in [6, 6.07) is 16.7. The third-order valence-electron chi connectivity index (χ3n) is 6.10. The Hall–Kier alpha value is -2.71. The van der Waals surface area contributed by atoms with Gasteiger partial charge in [-0.05, 0) is 74.2 Å². The Balaban J connectivity index is 2.02. The lowest BCUT2D eigenvalue weighted by molar-refractivity contribution is 0.292. The summed E-state index contributed by atoms with van der Waals surface area (Å²) in [5.41, 5.74) is 1.67. The first-order chi connectivity index (χ1) is 14.9. The van der Waals surface area contributed by atoms with E-state index in [-0.39, 0.29) is 5.92 Å². The van der Waals surface area contributed by atoms with Gasteiger partial charge in [-0.3, -0.25) is 0 Å². The summed E-state index contributed by atoms with van der Waals surface area (Å²) in [5, 5.41) is 10.2. The smallest absolute Gasteiger partial charge is 0.122 e. The monoisotopic (exact) mass is 424 g/mol. The zero-order valence-electron chi connectivity index (χ0n) is 19.8. The van der Waals surface area contributed by atoms with Crippen LogP contribution >= 0.6 is 0 Å². The molecule has 0 saturated heterocycles. The maximum Gasteiger partial charge on any atom is 0.122 e. The van der Waals surface area contributed by atoms with E-state index in [1.807, 2.05) is 30.3 Å². The average molecular weight is 425 g/mol. The first-order valence-corrected chi connectivity index (χ1v) is 10.8. The SMILES string of the molecule is COc1ccc(CCN(C)CCC[C@@](C#N)(c2cc(OC)cc(OC)c2)C(C)C)cc1. The molecule has 2 aromatic carbocycles. The van der Waals surface area contributed by atoms with Crippen molar-refractivity contribution in [1.29, 1.82) is 5.26 Å². The third kappa shape index (κ3) is 6.38.